The summed E-state index contributed by atoms with van der Waals surface area (Å²) in [5.74, 6) is 0. The Morgan fingerprint density at radius 1 is 1.17 bits per heavy atom. The summed E-state index contributed by atoms with van der Waals surface area (Å²) in [5, 5.41) is 31.5. The summed E-state index contributed by atoms with van der Waals surface area (Å²) in [6, 6.07) is 9.27. The molecule has 134 valence electrons. The molecule has 0 aromatic heterocycles. The molecule has 0 unspecified atom stereocenters. The van der Waals surface area contributed by atoms with Crippen LogP contribution in [0.1, 0.15) is 12.5 Å². The van der Waals surface area contributed by atoms with Crippen molar-refractivity contribution >= 4 is 6.09 Å². The molecule has 0 spiro atoms. The smallest absolute Gasteiger partial charge is 0.407 e. The van der Waals surface area contributed by atoms with E-state index in [2.05, 4.69) is 5.32 Å². The normalized spacial score (nSPS) is 29.9. The number of aliphatic hydroxyl groups excluding tert-OH is 3. The Hall–Kier alpha value is -1.71. The Bertz CT molecular complexity index is 512. The minimum absolute atomic E-state index is 0.0533. The summed E-state index contributed by atoms with van der Waals surface area (Å²) in [5.41, 5.74) is 0.879. The van der Waals surface area contributed by atoms with Gasteiger partial charge in [-0.15, -0.1) is 0 Å². The second kappa shape index (κ2) is 8.95. The van der Waals surface area contributed by atoms with Crippen LogP contribution in [0.15, 0.2) is 30.3 Å². The van der Waals surface area contributed by atoms with E-state index in [1.807, 2.05) is 30.3 Å². The van der Waals surface area contributed by atoms with Crippen molar-refractivity contribution in [2.24, 2.45) is 0 Å². The van der Waals surface area contributed by atoms with E-state index in [0.717, 1.165) is 5.56 Å². The zero-order valence-electron chi connectivity index (χ0n) is 13.4. The average Bonchev–Trinajstić information content (AvgIpc) is 2.60. The molecular weight excluding hydrogens is 318 g/mol. The fourth-order valence-corrected chi connectivity index (χ4v) is 2.25. The fourth-order valence-electron chi connectivity index (χ4n) is 2.25. The lowest BCUT2D eigenvalue weighted by atomic mass is 10.0. The number of carbonyl (C=O) groups excluding carboxylic acids is 1. The van der Waals surface area contributed by atoms with Crippen LogP contribution in [-0.4, -0.2) is 65.3 Å². The van der Waals surface area contributed by atoms with Crippen molar-refractivity contribution in [2.75, 3.05) is 13.2 Å². The van der Waals surface area contributed by atoms with Crippen molar-refractivity contribution in [3.63, 3.8) is 0 Å². The number of amides is 1. The first-order chi connectivity index (χ1) is 11.5. The molecule has 8 heteroatoms. The van der Waals surface area contributed by atoms with Gasteiger partial charge in [0.15, 0.2) is 6.29 Å². The topological polar surface area (TPSA) is 117 Å². The van der Waals surface area contributed by atoms with Crippen LogP contribution >= 0.6 is 0 Å². The minimum atomic E-state index is -1.36. The first-order valence-electron chi connectivity index (χ1n) is 7.75. The molecule has 1 aliphatic rings. The van der Waals surface area contributed by atoms with E-state index >= 15 is 0 Å². The standard InChI is InChI=1S/C16H23NO7/c1-10-12(18)13(19)14(20)15(24-10)22-8-7-17-16(21)23-9-11-5-3-2-4-6-11/h2-6,10,12-15,18-20H,7-9H2,1H3,(H,17,21)/t10-,12-,13+,14+,15-/m0/s1. The zero-order chi connectivity index (χ0) is 17.5. The largest absolute Gasteiger partial charge is 0.445 e. The van der Waals surface area contributed by atoms with E-state index in [-0.39, 0.29) is 19.8 Å². The zero-order valence-corrected chi connectivity index (χ0v) is 13.4. The molecule has 0 radical (unpaired) electrons. The number of hydrogen-bond donors (Lipinski definition) is 4. The summed E-state index contributed by atoms with van der Waals surface area (Å²) < 4.78 is 15.6. The number of alkyl carbamates (subject to hydrolysis) is 1. The van der Waals surface area contributed by atoms with Gasteiger partial charge in [-0.2, -0.15) is 0 Å². The van der Waals surface area contributed by atoms with Gasteiger partial charge in [0.25, 0.3) is 0 Å². The summed E-state index contributed by atoms with van der Waals surface area (Å²) in [6.45, 7) is 1.93. The third kappa shape index (κ3) is 5.15. The van der Waals surface area contributed by atoms with Crippen molar-refractivity contribution in [1.29, 1.82) is 0 Å². The van der Waals surface area contributed by atoms with Crippen LogP contribution in [0.4, 0.5) is 4.79 Å². The molecule has 0 aliphatic carbocycles. The maximum absolute atomic E-state index is 11.5. The maximum Gasteiger partial charge on any atom is 0.407 e. The SMILES string of the molecule is C[C@@H]1O[C@H](OCCNC(=O)OCc2ccccc2)[C@H](O)[C@H](O)[C@H]1O. The van der Waals surface area contributed by atoms with Crippen molar-refractivity contribution in [2.45, 2.75) is 44.2 Å². The Morgan fingerprint density at radius 3 is 2.58 bits per heavy atom. The maximum atomic E-state index is 11.5. The van der Waals surface area contributed by atoms with Gasteiger partial charge in [0.2, 0.25) is 0 Å². The highest BCUT2D eigenvalue weighted by Gasteiger charge is 2.42. The molecule has 1 aromatic rings. The molecular formula is C16H23NO7. The predicted octanol–water partition coefficient (Wildman–Crippen LogP) is -0.243. The van der Waals surface area contributed by atoms with E-state index in [4.69, 9.17) is 14.2 Å². The summed E-state index contributed by atoms with van der Waals surface area (Å²) in [6.07, 6.45) is -6.20. The predicted molar refractivity (Wildman–Crippen MR) is 82.9 cm³/mol. The summed E-state index contributed by atoms with van der Waals surface area (Å²) >= 11 is 0. The number of rotatable bonds is 6. The molecule has 0 saturated carbocycles. The van der Waals surface area contributed by atoms with Crippen molar-refractivity contribution in [1.82, 2.24) is 5.32 Å². The lowest BCUT2D eigenvalue weighted by Crippen LogP contribution is -2.57. The molecule has 1 aromatic carbocycles. The molecule has 1 heterocycles. The third-order valence-corrected chi connectivity index (χ3v) is 3.67. The molecule has 5 atom stereocenters. The second-order valence-corrected chi connectivity index (χ2v) is 5.54. The van der Waals surface area contributed by atoms with E-state index in [1.165, 1.54) is 0 Å². The summed E-state index contributed by atoms with van der Waals surface area (Å²) in [7, 11) is 0. The van der Waals surface area contributed by atoms with Crippen LogP contribution < -0.4 is 5.32 Å². The van der Waals surface area contributed by atoms with Gasteiger partial charge in [0.1, 0.15) is 24.9 Å². The number of carbonyl (C=O) groups is 1. The quantitative estimate of drug-likeness (QED) is 0.527. The van der Waals surface area contributed by atoms with Crippen molar-refractivity contribution < 1.29 is 34.3 Å². The van der Waals surface area contributed by atoms with Crippen molar-refractivity contribution in [3.8, 4) is 0 Å². The van der Waals surface area contributed by atoms with Crippen LogP contribution in [0, 0.1) is 0 Å². The molecule has 0 bridgehead atoms. The molecule has 4 N–H and O–H groups in total. The van der Waals surface area contributed by atoms with Gasteiger partial charge in [0, 0.05) is 6.54 Å². The monoisotopic (exact) mass is 341 g/mol. The molecule has 1 aliphatic heterocycles. The first kappa shape index (κ1) is 18.6. The number of benzene rings is 1. The highest BCUT2D eigenvalue weighted by molar-refractivity contribution is 5.67. The lowest BCUT2D eigenvalue weighted by Gasteiger charge is -2.38. The highest BCUT2D eigenvalue weighted by atomic mass is 16.7. The van der Waals surface area contributed by atoms with Gasteiger partial charge in [-0.1, -0.05) is 30.3 Å². The Kier molecular flexibility index (Phi) is 6.95. The number of hydrogen-bond acceptors (Lipinski definition) is 7. The van der Waals surface area contributed by atoms with Crippen LogP contribution in [0.5, 0.6) is 0 Å². The third-order valence-electron chi connectivity index (χ3n) is 3.67. The van der Waals surface area contributed by atoms with Crippen LogP contribution in [0.2, 0.25) is 0 Å². The van der Waals surface area contributed by atoms with Gasteiger partial charge < -0.3 is 34.8 Å². The van der Waals surface area contributed by atoms with Crippen LogP contribution in [0.3, 0.4) is 0 Å². The van der Waals surface area contributed by atoms with Crippen LogP contribution in [-0.2, 0) is 20.8 Å². The second-order valence-electron chi connectivity index (χ2n) is 5.54. The van der Waals surface area contributed by atoms with Gasteiger partial charge in [-0.05, 0) is 12.5 Å². The lowest BCUT2D eigenvalue weighted by molar-refractivity contribution is -0.292. The van der Waals surface area contributed by atoms with E-state index in [1.54, 1.807) is 6.92 Å². The highest BCUT2D eigenvalue weighted by Crippen LogP contribution is 2.21. The van der Waals surface area contributed by atoms with E-state index < -0.39 is 36.8 Å². The number of nitrogens with one attached hydrogen (secondary N) is 1. The van der Waals surface area contributed by atoms with Gasteiger partial charge in [0.05, 0.1) is 12.7 Å². The van der Waals surface area contributed by atoms with E-state index in [9.17, 15) is 20.1 Å². The van der Waals surface area contributed by atoms with Crippen molar-refractivity contribution in [3.05, 3.63) is 35.9 Å². The minimum Gasteiger partial charge on any atom is -0.445 e. The molecule has 1 amide bonds. The van der Waals surface area contributed by atoms with Gasteiger partial charge >= 0.3 is 6.09 Å². The molecule has 8 nitrogen and oxygen atoms in total. The molecule has 24 heavy (non-hydrogen) atoms. The van der Waals surface area contributed by atoms with Gasteiger partial charge in [-0.3, -0.25) is 0 Å². The number of aliphatic hydroxyl groups is 3. The van der Waals surface area contributed by atoms with Gasteiger partial charge in [-0.25, -0.2) is 4.79 Å². The first-order valence-corrected chi connectivity index (χ1v) is 7.75. The molecule has 1 fully saturated rings. The molecule has 1 saturated heterocycles. The molecule has 2 rings (SSSR count). The van der Waals surface area contributed by atoms with Crippen LogP contribution in [0.25, 0.3) is 0 Å². The number of ether oxygens (including phenoxy) is 3. The fraction of sp³-hybridized carbons (Fsp3) is 0.562. The summed E-state index contributed by atoms with van der Waals surface area (Å²) in [4.78, 5) is 11.5. The Morgan fingerprint density at radius 2 is 1.88 bits per heavy atom. The average molecular weight is 341 g/mol. The Labute approximate surface area is 140 Å². The Balaban J connectivity index is 1.63. The van der Waals surface area contributed by atoms with E-state index in [0.29, 0.717) is 0 Å².